The van der Waals surface area contributed by atoms with Crippen molar-refractivity contribution in [3.8, 4) is 0 Å². The minimum atomic E-state index is 0.618. The van der Waals surface area contributed by atoms with E-state index in [1.165, 1.54) is 26.7 Å². The molecule has 1 heterocycles. The van der Waals surface area contributed by atoms with Gasteiger partial charge in [-0.2, -0.15) is 0 Å². The predicted molar refractivity (Wildman–Crippen MR) is 87.5 cm³/mol. The van der Waals surface area contributed by atoms with Crippen LogP contribution in [0.3, 0.4) is 0 Å². The fraction of sp³-hybridized carbons (Fsp3) is 0.438. The molecular formula is C16H20BrNS. The molecule has 0 aliphatic carbocycles. The lowest BCUT2D eigenvalue weighted by atomic mass is 9.98. The Morgan fingerprint density at radius 3 is 2.32 bits per heavy atom. The summed E-state index contributed by atoms with van der Waals surface area (Å²) in [5, 5.41) is 2.30. The van der Waals surface area contributed by atoms with Crippen LogP contribution in [0.15, 0.2) is 24.3 Å². The van der Waals surface area contributed by atoms with Gasteiger partial charge in [0.05, 0.1) is 10.7 Å². The first kappa shape index (κ1) is 14.7. The molecule has 2 aromatic rings. The molecule has 1 atom stereocenters. The number of aromatic nitrogens is 1. The Kier molecular flexibility index (Phi) is 5.17. The standard InChI is InChI=1S/C16H20BrNS/c1-11-4-6-14(7-5-11)8-15(10-17)9-16-18-12(2)13(3)19-16/h4-7,15H,8-10H2,1-3H3. The molecule has 0 aliphatic rings. The molecule has 0 saturated heterocycles. The highest BCUT2D eigenvalue weighted by Gasteiger charge is 2.13. The molecule has 0 saturated carbocycles. The van der Waals surface area contributed by atoms with E-state index in [2.05, 4.69) is 66.0 Å². The maximum Gasteiger partial charge on any atom is 0.0934 e. The van der Waals surface area contributed by atoms with Gasteiger partial charge in [-0.3, -0.25) is 0 Å². The van der Waals surface area contributed by atoms with Gasteiger partial charge in [-0.1, -0.05) is 45.8 Å². The Morgan fingerprint density at radius 1 is 1.11 bits per heavy atom. The number of alkyl halides is 1. The van der Waals surface area contributed by atoms with Crippen molar-refractivity contribution in [2.45, 2.75) is 33.6 Å². The second kappa shape index (κ2) is 6.67. The molecule has 0 radical (unpaired) electrons. The van der Waals surface area contributed by atoms with E-state index in [4.69, 9.17) is 0 Å². The van der Waals surface area contributed by atoms with Crippen molar-refractivity contribution < 1.29 is 0 Å². The van der Waals surface area contributed by atoms with E-state index in [0.29, 0.717) is 5.92 Å². The maximum absolute atomic E-state index is 4.65. The first-order valence-electron chi connectivity index (χ1n) is 6.63. The summed E-state index contributed by atoms with van der Waals surface area (Å²) in [6, 6.07) is 8.86. The van der Waals surface area contributed by atoms with Crippen LogP contribution in [0.1, 0.15) is 26.7 Å². The van der Waals surface area contributed by atoms with Crippen molar-refractivity contribution in [1.29, 1.82) is 0 Å². The van der Waals surface area contributed by atoms with Gasteiger partial charge in [-0.15, -0.1) is 11.3 Å². The Hall–Kier alpha value is -0.670. The van der Waals surface area contributed by atoms with Crippen LogP contribution in [0.2, 0.25) is 0 Å². The van der Waals surface area contributed by atoms with Gasteiger partial charge in [0, 0.05) is 16.6 Å². The Morgan fingerprint density at radius 2 is 1.79 bits per heavy atom. The third-order valence-corrected chi connectivity index (χ3v) is 5.41. The van der Waals surface area contributed by atoms with Crippen LogP contribution in [0.4, 0.5) is 0 Å². The van der Waals surface area contributed by atoms with E-state index in [1.54, 1.807) is 0 Å². The largest absolute Gasteiger partial charge is 0.246 e. The Balaban J connectivity index is 2.02. The second-order valence-corrected chi connectivity index (χ2v) is 7.10. The molecule has 1 aromatic carbocycles. The number of hydrogen-bond acceptors (Lipinski definition) is 2. The van der Waals surface area contributed by atoms with Crippen molar-refractivity contribution in [1.82, 2.24) is 4.98 Å². The van der Waals surface area contributed by atoms with E-state index in [-0.39, 0.29) is 0 Å². The molecule has 1 unspecified atom stereocenters. The van der Waals surface area contributed by atoms with Crippen molar-refractivity contribution in [2.24, 2.45) is 5.92 Å². The van der Waals surface area contributed by atoms with Gasteiger partial charge in [0.1, 0.15) is 0 Å². The van der Waals surface area contributed by atoms with E-state index in [1.807, 2.05) is 11.3 Å². The normalized spacial score (nSPS) is 12.6. The third kappa shape index (κ3) is 4.15. The SMILES string of the molecule is Cc1ccc(CC(CBr)Cc2nc(C)c(C)s2)cc1. The van der Waals surface area contributed by atoms with Crippen LogP contribution >= 0.6 is 27.3 Å². The highest BCUT2D eigenvalue weighted by atomic mass is 79.9. The molecule has 2 rings (SSSR count). The van der Waals surface area contributed by atoms with Crippen LogP contribution < -0.4 is 0 Å². The molecule has 0 amide bonds. The van der Waals surface area contributed by atoms with Crippen molar-refractivity contribution in [2.75, 3.05) is 5.33 Å². The van der Waals surface area contributed by atoms with E-state index < -0.39 is 0 Å². The van der Waals surface area contributed by atoms with Gasteiger partial charge in [-0.25, -0.2) is 4.98 Å². The summed E-state index contributed by atoms with van der Waals surface area (Å²) in [7, 11) is 0. The number of benzene rings is 1. The van der Waals surface area contributed by atoms with E-state index in [0.717, 1.165) is 18.2 Å². The minimum Gasteiger partial charge on any atom is -0.246 e. The molecule has 1 aromatic heterocycles. The number of aryl methyl sites for hydroxylation is 3. The van der Waals surface area contributed by atoms with Gasteiger partial charge in [0.25, 0.3) is 0 Å². The van der Waals surface area contributed by atoms with Crippen LogP contribution in [-0.4, -0.2) is 10.3 Å². The topological polar surface area (TPSA) is 12.9 Å². The first-order chi connectivity index (χ1) is 9.08. The summed E-state index contributed by atoms with van der Waals surface area (Å²) in [5.74, 6) is 0.618. The van der Waals surface area contributed by atoms with Gasteiger partial charge >= 0.3 is 0 Å². The summed E-state index contributed by atoms with van der Waals surface area (Å²) in [6.07, 6.45) is 2.18. The summed E-state index contributed by atoms with van der Waals surface area (Å²) >= 11 is 5.49. The molecule has 0 bridgehead atoms. The second-order valence-electron chi connectivity index (χ2n) is 5.16. The van der Waals surface area contributed by atoms with Gasteiger partial charge < -0.3 is 0 Å². The summed E-state index contributed by atoms with van der Waals surface area (Å²) in [6.45, 7) is 6.38. The monoisotopic (exact) mass is 337 g/mol. The highest BCUT2D eigenvalue weighted by Crippen LogP contribution is 2.22. The fourth-order valence-electron chi connectivity index (χ4n) is 2.11. The number of hydrogen-bond donors (Lipinski definition) is 0. The lowest BCUT2D eigenvalue weighted by Crippen LogP contribution is -2.09. The first-order valence-corrected chi connectivity index (χ1v) is 8.56. The summed E-state index contributed by atoms with van der Waals surface area (Å²) < 4.78 is 0. The zero-order valence-electron chi connectivity index (χ0n) is 11.7. The molecule has 0 fully saturated rings. The smallest absolute Gasteiger partial charge is 0.0934 e. The molecular weight excluding hydrogens is 318 g/mol. The van der Waals surface area contributed by atoms with Crippen LogP contribution in [-0.2, 0) is 12.8 Å². The van der Waals surface area contributed by atoms with Gasteiger partial charge in [0.15, 0.2) is 0 Å². The lowest BCUT2D eigenvalue weighted by molar-refractivity contribution is 0.589. The molecule has 0 N–H and O–H groups in total. The lowest BCUT2D eigenvalue weighted by Gasteiger charge is -2.12. The van der Waals surface area contributed by atoms with Crippen LogP contribution in [0.5, 0.6) is 0 Å². The molecule has 19 heavy (non-hydrogen) atoms. The summed E-state index contributed by atoms with van der Waals surface area (Å²) in [5.41, 5.74) is 3.93. The highest BCUT2D eigenvalue weighted by molar-refractivity contribution is 9.09. The zero-order chi connectivity index (χ0) is 13.8. The number of thiazole rings is 1. The van der Waals surface area contributed by atoms with Crippen LogP contribution in [0, 0.1) is 26.7 Å². The van der Waals surface area contributed by atoms with Crippen molar-refractivity contribution in [3.05, 3.63) is 51.0 Å². The average molecular weight is 338 g/mol. The molecule has 0 spiro atoms. The van der Waals surface area contributed by atoms with E-state index >= 15 is 0 Å². The third-order valence-electron chi connectivity index (χ3n) is 3.40. The fourth-order valence-corrected chi connectivity index (χ4v) is 3.62. The Labute approximate surface area is 128 Å². The molecule has 102 valence electrons. The number of rotatable bonds is 5. The molecule has 3 heteroatoms. The minimum absolute atomic E-state index is 0.618. The zero-order valence-corrected chi connectivity index (χ0v) is 14.1. The maximum atomic E-state index is 4.65. The van der Waals surface area contributed by atoms with E-state index in [9.17, 15) is 0 Å². The Bertz CT molecular complexity index is 511. The summed E-state index contributed by atoms with van der Waals surface area (Å²) in [4.78, 5) is 6.00. The van der Waals surface area contributed by atoms with Gasteiger partial charge in [0.2, 0.25) is 0 Å². The van der Waals surface area contributed by atoms with Gasteiger partial charge in [-0.05, 0) is 38.7 Å². The average Bonchev–Trinajstić information content (AvgIpc) is 2.70. The molecule has 0 aliphatic heterocycles. The predicted octanol–water partition coefficient (Wildman–Crippen LogP) is 4.86. The van der Waals surface area contributed by atoms with Crippen molar-refractivity contribution >= 4 is 27.3 Å². The quantitative estimate of drug-likeness (QED) is 0.709. The number of halogens is 1. The molecule has 1 nitrogen and oxygen atoms in total. The number of nitrogens with zero attached hydrogens (tertiary/aromatic N) is 1. The van der Waals surface area contributed by atoms with Crippen molar-refractivity contribution in [3.63, 3.8) is 0 Å². The van der Waals surface area contributed by atoms with Crippen LogP contribution in [0.25, 0.3) is 0 Å².